The lowest BCUT2D eigenvalue weighted by molar-refractivity contribution is 0.0691. The van der Waals surface area contributed by atoms with Gasteiger partial charge in [-0.2, -0.15) is 8.78 Å². The minimum Gasteiger partial charge on any atom is -0.300 e. The van der Waals surface area contributed by atoms with Crippen molar-refractivity contribution < 1.29 is 8.78 Å². The average molecular weight is 315 g/mol. The predicted octanol–water partition coefficient (Wildman–Crippen LogP) is 3.79. The third kappa shape index (κ3) is 1.77. The van der Waals surface area contributed by atoms with Gasteiger partial charge in [-0.3, -0.25) is 4.57 Å². The fourth-order valence-electron chi connectivity index (χ4n) is 2.72. The van der Waals surface area contributed by atoms with Gasteiger partial charge in [0.25, 0.3) is 0 Å². The van der Waals surface area contributed by atoms with Crippen LogP contribution in [-0.2, 0) is 13.0 Å². The smallest absolute Gasteiger partial charge is 0.300 e. The number of hydrogen-bond acceptors (Lipinski definition) is 1. The standard InChI is InChI=1S/C13H13BrF2N2/c1-17-5-4-10-9-3-2-8(14)6-11(9)18(13(15)16)12(10)7-17/h2-3,6,13H,4-5,7H2,1H3. The molecule has 1 aliphatic rings. The third-order valence-corrected chi connectivity index (χ3v) is 4.04. The van der Waals surface area contributed by atoms with E-state index in [1.54, 1.807) is 6.07 Å². The van der Waals surface area contributed by atoms with E-state index in [9.17, 15) is 8.78 Å². The summed E-state index contributed by atoms with van der Waals surface area (Å²) in [4.78, 5) is 2.08. The highest BCUT2D eigenvalue weighted by molar-refractivity contribution is 9.10. The summed E-state index contributed by atoms with van der Waals surface area (Å²) in [6, 6.07) is 5.62. The number of halogens is 3. The number of rotatable bonds is 1. The summed E-state index contributed by atoms with van der Waals surface area (Å²) in [7, 11) is 1.96. The minimum atomic E-state index is -2.49. The van der Waals surface area contributed by atoms with E-state index in [0.29, 0.717) is 12.1 Å². The lowest BCUT2D eigenvalue weighted by atomic mass is 10.0. The number of hydrogen-bond donors (Lipinski definition) is 0. The van der Waals surface area contributed by atoms with Crippen LogP contribution in [0.2, 0.25) is 0 Å². The van der Waals surface area contributed by atoms with E-state index >= 15 is 0 Å². The maximum atomic E-state index is 13.3. The summed E-state index contributed by atoms with van der Waals surface area (Å²) >= 11 is 3.35. The summed E-state index contributed by atoms with van der Waals surface area (Å²) < 4.78 is 28.6. The summed E-state index contributed by atoms with van der Waals surface area (Å²) in [5, 5.41) is 0.960. The Morgan fingerprint density at radius 3 is 2.83 bits per heavy atom. The molecule has 0 bridgehead atoms. The second-order valence-corrected chi connectivity index (χ2v) is 5.64. The molecule has 2 nitrogen and oxygen atoms in total. The molecule has 2 aromatic rings. The largest absolute Gasteiger partial charge is 0.319 e. The minimum absolute atomic E-state index is 0.589. The first kappa shape index (κ1) is 12.1. The van der Waals surface area contributed by atoms with Gasteiger partial charge in [-0.05, 0) is 31.2 Å². The second kappa shape index (κ2) is 4.31. The van der Waals surface area contributed by atoms with Crippen LogP contribution in [0.4, 0.5) is 8.78 Å². The fourth-order valence-corrected chi connectivity index (χ4v) is 3.07. The Hall–Kier alpha value is -0.940. The summed E-state index contributed by atoms with van der Waals surface area (Å²) in [6.07, 6.45) is 0.837. The van der Waals surface area contributed by atoms with Crippen molar-refractivity contribution in [1.82, 2.24) is 9.47 Å². The first-order valence-electron chi connectivity index (χ1n) is 5.86. The first-order valence-corrected chi connectivity index (χ1v) is 6.65. The number of likely N-dealkylation sites (N-methyl/N-ethyl adjacent to an activating group) is 1. The molecule has 0 radical (unpaired) electrons. The Kier molecular flexibility index (Phi) is 2.90. The fraction of sp³-hybridized carbons (Fsp3) is 0.385. The lowest BCUT2D eigenvalue weighted by Gasteiger charge is -2.24. The van der Waals surface area contributed by atoms with Crippen LogP contribution in [-0.4, -0.2) is 23.1 Å². The van der Waals surface area contributed by atoms with Crippen LogP contribution in [0, 0.1) is 0 Å². The van der Waals surface area contributed by atoms with Crippen LogP contribution in [0.5, 0.6) is 0 Å². The number of benzene rings is 1. The van der Waals surface area contributed by atoms with Gasteiger partial charge >= 0.3 is 6.55 Å². The molecular weight excluding hydrogens is 302 g/mol. The lowest BCUT2D eigenvalue weighted by Crippen LogP contribution is -2.27. The molecule has 1 aromatic heterocycles. The van der Waals surface area contributed by atoms with Gasteiger partial charge in [0.2, 0.25) is 0 Å². The van der Waals surface area contributed by atoms with E-state index in [1.165, 1.54) is 4.57 Å². The van der Waals surface area contributed by atoms with Gasteiger partial charge in [-0.25, -0.2) is 0 Å². The van der Waals surface area contributed by atoms with Crippen molar-refractivity contribution in [3.63, 3.8) is 0 Å². The van der Waals surface area contributed by atoms with Crippen LogP contribution in [0.1, 0.15) is 17.8 Å². The molecule has 2 heterocycles. The van der Waals surface area contributed by atoms with Crippen molar-refractivity contribution >= 4 is 26.8 Å². The molecule has 0 fully saturated rings. The molecule has 0 N–H and O–H groups in total. The van der Waals surface area contributed by atoms with E-state index < -0.39 is 6.55 Å². The highest BCUT2D eigenvalue weighted by Crippen LogP contribution is 2.35. The Labute approximate surface area is 112 Å². The molecule has 5 heteroatoms. The maximum Gasteiger partial charge on any atom is 0.319 e. The normalized spacial score (nSPS) is 16.5. The van der Waals surface area contributed by atoms with Gasteiger partial charge in [0, 0.05) is 28.6 Å². The Balaban J connectivity index is 2.33. The van der Waals surface area contributed by atoms with E-state index in [0.717, 1.165) is 34.1 Å². The molecule has 1 aliphatic heterocycles. The average Bonchev–Trinajstić information content (AvgIpc) is 2.60. The molecule has 3 rings (SSSR count). The Morgan fingerprint density at radius 2 is 2.11 bits per heavy atom. The van der Waals surface area contributed by atoms with Gasteiger partial charge in [0.1, 0.15) is 0 Å². The molecule has 1 aromatic carbocycles. The number of alkyl halides is 2. The highest BCUT2D eigenvalue weighted by atomic mass is 79.9. The van der Waals surface area contributed by atoms with Gasteiger partial charge in [0.05, 0.1) is 5.52 Å². The van der Waals surface area contributed by atoms with Gasteiger partial charge in [-0.1, -0.05) is 22.0 Å². The summed E-state index contributed by atoms with van der Waals surface area (Å²) in [6.45, 7) is -0.978. The quantitative estimate of drug-likeness (QED) is 0.777. The van der Waals surface area contributed by atoms with E-state index in [-0.39, 0.29) is 0 Å². The van der Waals surface area contributed by atoms with Gasteiger partial charge in [0.15, 0.2) is 0 Å². The summed E-state index contributed by atoms with van der Waals surface area (Å²) in [5.41, 5.74) is 2.46. The van der Waals surface area contributed by atoms with Crippen molar-refractivity contribution in [2.45, 2.75) is 19.5 Å². The van der Waals surface area contributed by atoms with Crippen molar-refractivity contribution in [2.75, 3.05) is 13.6 Å². The van der Waals surface area contributed by atoms with Crippen LogP contribution >= 0.6 is 15.9 Å². The predicted molar refractivity (Wildman–Crippen MR) is 70.9 cm³/mol. The van der Waals surface area contributed by atoms with Gasteiger partial charge in [-0.15, -0.1) is 0 Å². The Bertz CT molecular complexity index is 607. The highest BCUT2D eigenvalue weighted by Gasteiger charge is 2.25. The number of aromatic nitrogens is 1. The molecule has 0 atom stereocenters. The number of fused-ring (bicyclic) bond motifs is 3. The zero-order chi connectivity index (χ0) is 12.9. The van der Waals surface area contributed by atoms with Crippen LogP contribution in [0.3, 0.4) is 0 Å². The topological polar surface area (TPSA) is 8.17 Å². The zero-order valence-corrected chi connectivity index (χ0v) is 11.5. The van der Waals surface area contributed by atoms with Gasteiger partial charge < -0.3 is 4.90 Å². The first-order chi connectivity index (χ1) is 8.58. The van der Waals surface area contributed by atoms with Crippen molar-refractivity contribution in [1.29, 1.82) is 0 Å². The molecule has 0 amide bonds. The number of nitrogens with zero attached hydrogens (tertiary/aromatic N) is 2. The second-order valence-electron chi connectivity index (χ2n) is 4.72. The van der Waals surface area contributed by atoms with Crippen molar-refractivity contribution in [2.24, 2.45) is 0 Å². The molecule has 18 heavy (non-hydrogen) atoms. The van der Waals surface area contributed by atoms with E-state index in [2.05, 4.69) is 20.8 Å². The molecule has 0 saturated carbocycles. The van der Waals surface area contributed by atoms with Crippen LogP contribution in [0.25, 0.3) is 10.9 Å². The van der Waals surface area contributed by atoms with Crippen molar-refractivity contribution in [3.8, 4) is 0 Å². The molecule has 0 unspecified atom stereocenters. The molecule has 0 saturated heterocycles. The Morgan fingerprint density at radius 1 is 1.33 bits per heavy atom. The zero-order valence-electron chi connectivity index (χ0n) is 9.96. The summed E-state index contributed by atoms with van der Waals surface area (Å²) in [5.74, 6) is 0. The van der Waals surface area contributed by atoms with Crippen LogP contribution in [0.15, 0.2) is 22.7 Å². The van der Waals surface area contributed by atoms with E-state index in [4.69, 9.17) is 0 Å². The maximum absolute atomic E-state index is 13.3. The monoisotopic (exact) mass is 314 g/mol. The van der Waals surface area contributed by atoms with E-state index in [1.807, 2.05) is 19.2 Å². The molecule has 96 valence electrons. The SMILES string of the molecule is CN1CCc2c(n(C(F)F)c3cc(Br)ccc23)C1. The molecular formula is C13H13BrF2N2. The van der Waals surface area contributed by atoms with Crippen LogP contribution < -0.4 is 0 Å². The third-order valence-electron chi connectivity index (χ3n) is 3.54. The molecule has 0 aliphatic carbocycles. The van der Waals surface area contributed by atoms with Crippen molar-refractivity contribution in [3.05, 3.63) is 33.9 Å². The molecule has 0 spiro atoms.